The molecule has 2 aromatic heterocycles. The highest BCUT2D eigenvalue weighted by molar-refractivity contribution is 7.20. The summed E-state index contributed by atoms with van der Waals surface area (Å²) in [6.07, 6.45) is 4.78. The predicted octanol–water partition coefficient (Wildman–Crippen LogP) is 4.19. The minimum Gasteiger partial charge on any atom is -0.477 e. The Labute approximate surface area is 143 Å². The molecular formula is C18H17N3O2S. The van der Waals surface area contributed by atoms with Gasteiger partial charge in [0.1, 0.15) is 21.9 Å². The van der Waals surface area contributed by atoms with Crippen LogP contribution < -0.4 is 5.32 Å². The standard InChI is InChI=1S/C18H17N3O2S/c1-10-14-16(19-9-20-17(14)24-15(10)18(22)23)21-13-8-4-6-11-5-2-3-7-12(11)13/h2-3,5,7,9,13H,4,6,8H2,1H3,(H,22,23)(H,19,20,21). The molecule has 122 valence electrons. The molecule has 0 radical (unpaired) electrons. The Morgan fingerprint density at radius 3 is 3.00 bits per heavy atom. The molecule has 0 spiro atoms. The summed E-state index contributed by atoms with van der Waals surface area (Å²) in [7, 11) is 0. The summed E-state index contributed by atoms with van der Waals surface area (Å²) in [5, 5.41) is 13.7. The van der Waals surface area contributed by atoms with Gasteiger partial charge in [0.05, 0.1) is 11.4 Å². The smallest absolute Gasteiger partial charge is 0.346 e. The number of anilines is 1. The van der Waals surface area contributed by atoms with E-state index in [0.29, 0.717) is 9.71 Å². The number of nitrogens with one attached hydrogen (secondary N) is 1. The third kappa shape index (κ3) is 2.43. The van der Waals surface area contributed by atoms with E-state index in [2.05, 4.69) is 39.6 Å². The Balaban J connectivity index is 1.77. The number of thiophene rings is 1. The summed E-state index contributed by atoms with van der Waals surface area (Å²) in [6.45, 7) is 1.83. The fraction of sp³-hybridized carbons (Fsp3) is 0.278. The third-order valence-corrected chi connectivity index (χ3v) is 5.79. The first-order valence-corrected chi connectivity index (χ1v) is 8.78. The van der Waals surface area contributed by atoms with Crippen molar-refractivity contribution in [2.45, 2.75) is 32.2 Å². The Morgan fingerprint density at radius 2 is 2.17 bits per heavy atom. The van der Waals surface area contributed by atoms with Gasteiger partial charge >= 0.3 is 5.97 Å². The fourth-order valence-electron chi connectivity index (χ4n) is 3.45. The summed E-state index contributed by atoms with van der Waals surface area (Å²) in [5.41, 5.74) is 3.41. The lowest BCUT2D eigenvalue weighted by Gasteiger charge is -2.27. The molecule has 0 amide bonds. The van der Waals surface area contributed by atoms with E-state index in [1.54, 1.807) is 0 Å². The molecule has 0 aliphatic heterocycles. The second-order valence-electron chi connectivity index (χ2n) is 6.05. The lowest BCUT2D eigenvalue weighted by molar-refractivity contribution is 0.0701. The highest BCUT2D eigenvalue weighted by atomic mass is 32.1. The number of aromatic carboxylic acids is 1. The second-order valence-corrected chi connectivity index (χ2v) is 7.05. The van der Waals surface area contributed by atoms with Crippen LogP contribution >= 0.6 is 11.3 Å². The van der Waals surface area contributed by atoms with Crippen LogP contribution in [0.15, 0.2) is 30.6 Å². The molecule has 1 aliphatic rings. The summed E-state index contributed by atoms with van der Waals surface area (Å²) in [4.78, 5) is 21.1. The van der Waals surface area contributed by atoms with Gasteiger partial charge in [-0.25, -0.2) is 14.8 Å². The van der Waals surface area contributed by atoms with Gasteiger partial charge in [-0.15, -0.1) is 11.3 Å². The summed E-state index contributed by atoms with van der Waals surface area (Å²) >= 11 is 1.20. The number of hydrogen-bond donors (Lipinski definition) is 2. The minimum absolute atomic E-state index is 0.195. The lowest BCUT2D eigenvalue weighted by Crippen LogP contribution is -2.18. The van der Waals surface area contributed by atoms with Crippen molar-refractivity contribution in [3.05, 3.63) is 52.2 Å². The zero-order chi connectivity index (χ0) is 16.7. The van der Waals surface area contributed by atoms with Crippen LogP contribution in [0.25, 0.3) is 10.2 Å². The first kappa shape index (κ1) is 15.1. The Kier molecular flexibility index (Phi) is 3.69. The van der Waals surface area contributed by atoms with Gasteiger partial charge in [-0.05, 0) is 42.9 Å². The number of aryl methyl sites for hydroxylation is 2. The van der Waals surface area contributed by atoms with Gasteiger partial charge in [0.2, 0.25) is 0 Å². The van der Waals surface area contributed by atoms with E-state index in [-0.39, 0.29) is 6.04 Å². The molecule has 1 unspecified atom stereocenters. The molecule has 2 N–H and O–H groups in total. The number of fused-ring (bicyclic) bond motifs is 2. The molecule has 0 bridgehead atoms. The number of aromatic nitrogens is 2. The van der Waals surface area contributed by atoms with Gasteiger partial charge in [-0.3, -0.25) is 0 Å². The minimum atomic E-state index is -0.913. The average Bonchev–Trinajstić information content (AvgIpc) is 2.93. The molecule has 1 aromatic carbocycles. The van der Waals surface area contributed by atoms with Crippen molar-refractivity contribution >= 4 is 33.3 Å². The first-order valence-electron chi connectivity index (χ1n) is 7.97. The van der Waals surface area contributed by atoms with Gasteiger partial charge in [-0.2, -0.15) is 0 Å². The van der Waals surface area contributed by atoms with Crippen LogP contribution in [0.1, 0.15) is 45.2 Å². The van der Waals surface area contributed by atoms with Crippen molar-refractivity contribution in [1.29, 1.82) is 0 Å². The quantitative estimate of drug-likeness (QED) is 0.748. The van der Waals surface area contributed by atoms with Gasteiger partial charge in [0.25, 0.3) is 0 Å². The number of carbonyl (C=O) groups is 1. The van der Waals surface area contributed by atoms with E-state index in [4.69, 9.17) is 0 Å². The van der Waals surface area contributed by atoms with Crippen LogP contribution in [0.5, 0.6) is 0 Å². The van der Waals surface area contributed by atoms with Gasteiger partial charge in [0, 0.05) is 0 Å². The molecule has 5 nitrogen and oxygen atoms in total. The number of carboxylic acids is 1. The van der Waals surface area contributed by atoms with Crippen LogP contribution in [-0.4, -0.2) is 21.0 Å². The third-order valence-electron chi connectivity index (χ3n) is 4.60. The Hall–Kier alpha value is -2.47. The maximum Gasteiger partial charge on any atom is 0.346 e. The van der Waals surface area contributed by atoms with E-state index in [9.17, 15) is 9.90 Å². The van der Waals surface area contributed by atoms with E-state index >= 15 is 0 Å². The van der Waals surface area contributed by atoms with Crippen molar-refractivity contribution in [3.8, 4) is 0 Å². The van der Waals surface area contributed by atoms with Gasteiger partial charge in [-0.1, -0.05) is 24.3 Å². The molecule has 0 saturated carbocycles. The molecule has 0 saturated heterocycles. The largest absolute Gasteiger partial charge is 0.477 e. The summed E-state index contributed by atoms with van der Waals surface area (Å²) < 4.78 is 0. The van der Waals surface area contributed by atoms with E-state index < -0.39 is 5.97 Å². The lowest BCUT2D eigenvalue weighted by atomic mass is 9.88. The number of nitrogens with zero attached hydrogens (tertiary/aromatic N) is 2. The summed E-state index contributed by atoms with van der Waals surface area (Å²) in [5.74, 6) is -0.188. The number of carboxylic acid groups (broad SMARTS) is 1. The number of benzene rings is 1. The summed E-state index contributed by atoms with van der Waals surface area (Å²) in [6, 6.07) is 8.67. The van der Waals surface area contributed by atoms with Gasteiger partial charge < -0.3 is 10.4 Å². The first-order chi connectivity index (χ1) is 11.6. The van der Waals surface area contributed by atoms with Crippen molar-refractivity contribution in [3.63, 3.8) is 0 Å². The fourth-order valence-corrected chi connectivity index (χ4v) is 4.44. The molecule has 1 atom stereocenters. The highest BCUT2D eigenvalue weighted by Gasteiger charge is 2.23. The number of rotatable bonds is 3. The molecule has 6 heteroatoms. The van der Waals surface area contributed by atoms with Crippen LogP contribution in [0.3, 0.4) is 0 Å². The molecule has 0 fully saturated rings. The van der Waals surface area contributed by atoms with Crippen LogP contribution in [0, 0.1) is 6.92 Å². The molecular weight excluding hydrogens is 322 g/mol. The van der Waals surface area contributed by atoms with E-state index in [0.717, 1.165) is 36.0 Å². The molecule has 24 heavy (non-hydrogen) atoms. The monoisotopic (exact) mass is 339 g/mol. The van der Waals surface area contributed by atoms with Crippen molar-refractivity contribution < 1.29 is 9.90 Å². The van der Waals surface area contributed by atoms with Crippen LogP contribution in [-0.2, 0) is 6.42 Å². The Bertz CT molecular complexity index is 935. The number of hydrogen-bond acceptors (Lipinski definition) is 5. The molecule has 3 aromatic rings. The molecule has 2 heterocycles. The molecule has 1 aliphatic carbocycles. The van der Waals surface area contributed by atoms with Crippen molar-refractivity contribution in [2.75, 3.05) is 5.32 Å². The van der Waals surface area contributed by atoms with Crippen LogP contribution in [0.2, 0.25) is 0 Å². The van der Waals surface area contributed by atoms with Crippen LogP contribution in [0.4, 0.5) is 5.82 Å². The van der Waals surface area contributed by atoms with Crippen molar-refractivity contribution in [1.82, 2.24) is 9.97 Å². The topological polar surface area (TPSA) is 75.1 Å². The average molecular weight is 339 g/mol. The Morgan fingerprint density at radius 1 is 1.33 bits per heavy atom. The SMILES string of the molecule is Cc1c(C(=O)O)sc2ncnc(NC3CCCc4ccccc43)c12. The maximum absolute atomic E-state index is 11.4. The predicted molar refractivity (Wildman–Crippen MR) is 94.9 cm³/mol. The van der Waals surface area contributed by atoms with Crippen molar-refractivity contribution in [2.24, 2.45) is 0 Å². The molecule has 4 rings (SSSR count). The van der Waals surface area contributed by atoms with E-state index in [1.165, 1.54) is 28.8 Å². The normalized spacial score (nSPS) is 16.8. The second kappa shape index (κ2) is 5.87. The van der Waals surface area contributed by atoms with E-state index in [1.807, 2.05) is 6.92 Å². The zero-order valence-electron chi connectivity index (χ0n) is 13.2. The maximum atomic E-state index is 11.4. The zero-order valence-corrected chi connectivity index (χ0v) is 14.1. The van der Waals surface area contributed by atoms with Gasteiger partial charge in [0.15, 0.2) is 0 Å². The highest BCUT2D eigenvalue weighted by Crippen LogP contribution is 2.37.